The Balaban J connectivity index is 1.35. The molecule has 3 unspecified atom stereocenters. The molecule has 4 nitrogen and oxygen atoms in total. The van der Waals surface area contributed by atoms with Crippen molar-refractivity contribution in [1.82, 2.24) is 10.2 Å². The molecule has 2 amide bonds. The molecule has 4 aliphatic rings. The van der Waals surface area contributed by atoms with Gasteiger partial charge >= 0.3 is 6.03 Å². The summed E-state index contributed by atoms with van der Waals surface area (Å²) in [5.74, 6) is 1.91. The van der Waals surface area contributed by atoms with E-state index in [0.717, 1.165) is 12.1 Å². The molecule has 2 fully saturated rings. The van der Waals surface area contributed by atoms with E-state index in [4.69, 9.17) is 0 Å². The normalized spacial score (nSPS) is 33.2. The number of allylic oxidation sites excluding steroid dienone is 2. The maximum absolute atomic E-state index is 12.6. The lowest BCUT2D eigenvalue weighted by molar-refractivity contribution is 0.189. The number of nitriles is 1. The summed E-state index contributed by atoms with van der Waals surface area (Å²) in [6.07, 6.45) is 8.48. The lowest BCUT2D eigenvalue weighted by Gasteiger charge is -2.38. The van der Waals surface area contributed by atoms with Crippen LogP contribution in [0.2, 0.25) is 0 Å². The highest BCUT2D eigenvalue weighted by atomic mass is 16.2. The van der Waals surface area contributed by atoms with Crippen molar-refractivity contribution in [3.8, 4) is 6.07 Å². The van der Waals surface area contributed by atoms with Gasteiger partial charge in [0.15, 0.2) is 0 Å². The van der Waals surface area contributed by atoms with Crippen LogP contribution in [0.3, 0.4) is 0 Å². The fraction of sp³-hybridized carbons (Fsp3) is 0.524. The van der Waals surface area contributed by atoms with E-state index in [1.54, 1.807) is 0 Å². The van der Waals surface area contributed by atoms with Crippen LogP contribution in [0.5, 0.6) is 0 Å². The minimum absolute atomic E-state index is 0.0101. The maximum Gasteiger partial charge on any atom is 0.317 e. The van der Waals surface area contributed by atoms with Crippen molar-refractivity contribution in [2.24, 2.45) is 23.7 Å². The first kappa shape index (κ1) is 16.2. The SMILES string of the molecule is N#C[C@@H]1CN(C(=O)NCC2CC3C=CC2CC3)C[C@H]1c1ccccc1. The fourth-order valence-electron chi connectivity index (χ4n) is 4.76. The van der Waals surface area contributed by atoms with Gasteiger partial charge in [0, 0.05) is 25.6 Å². The second-order valence-electron chi connectivity index (χ2n) is 7.73. The maximum atomic E-state index is 12.6. The highest BCUT2D eigenvalue weighted by molar-refractivity contribution is 5.74. The molecule has 1 aromatic carbocycles. The van der Waals surface area contributed by atoms with Crippen molar-refractivity contribution in [3.63, 3.8) is 0 Å². The summed E-state index contributed by atoms with van der Waals surface area (Å²) in [6.45, 7) is 1.91. The Labute approximate surface area is 149 Å². The number of likely N-dealkylation sites (tertiary alicyclic amines) is 1. The van der Waals surface area contributed by atoms with E-state index in [2.05, 4.69) is 35.7 Å². The molecule has 1 heterocycles. The Morgan fingerprint density at radius 3 is 2.68 bits per heavy atom. The van der Waals surface area contributed by atoms with Crippen LogP contribution in [0.4, 0.5) is 4.79 Å². The Hall–Kier alpha value is -2.28. The zero-order valence-electron chi connectivity index (χ0n) is 14.5. The molecule has 1 saturated carbocycles. The quantitative estimate of drug-likeness (QED) is 0.859. The third-order valence-electron chi connectivity index (χ3n) is 6.23. The molecule has 1 N–H and O–H groups in total. The topological polar surface area (TPSA) is 56.1 Å². The van der Waals surface area contributed by atoms with Gasteiger partial charge in [-0.3, -0.25) is 0 Å². The van der Waals surface area contributed by atoms with Crippen molar-refractivity contribution >= 4 is 6.03 Å². The van der Waals surface area contributed by atoms with Gasteiger partial charge in [-0.1, -0.05) is 42.5 Å². The first-order valence-corrected chi connectivity index (χ1v) is 9.40. The van der Waals surface area contributed by atoms with Gasteiger partial charge in [-0.05, 0) is 42.6 Å². The second kappa shape index (κ2) is 6.92. The number of urea groups is 1. The first-order chi connectivity index (χ1) is 12.2. The van der Waals surface area contributed by atoms with Gasteiger partial charge in [-0.25, -0.2) is 4.79 Å². The number of fused-ring (bicyclic) bond motifs is 2. The van der Waals surface area contributed by atoms with Gasteiger partial charge in [0.1, 0.15) is 0 Å². The van der Waals surface area contributed by atoms with Gasteiger partial charge in [-0.2, -0.15) is 5.26 Å². The summed E-state index contributed by atoms with van der Waals surface area (Å²) in [6, 6.07) is 12.5. The number of amides is 2. The Kier molecular flexibility index (Phi) is 4.48. The van der Waals surface area contributed by atoms with Gasteiger partial charge in [-0.15, -0.1) is 0 Å². The molecule has 4 heteroatoms. The summed E-state index contributed by atoms with van der Waals surface area (Å²) in [4.78, 5) is 14.4. The molecule has 2 bridgehead atoms. The van der Waals surface area contributed by atoms with Crippen LogP contribution in [0.1, 0.15) is 30.7 Å². The average molecular weight is 335 g/mol. The number of hydrogen-bond donors (Lipinski definition) is 1. The van der Waals surface area contributed by atoms with Crippen LogP contribution >= 0.6 is 0 Å². The van der Waals surface area contributed by atoms with Crippen LogP contribution < -0.4 is 5.32 Å². The molecular formula is C21H25N3O. The highest BCUT2D eigenvalue weighted by Crippen LogP contribution is 2.40. The van der Waals surface area contributed by atoms with E-state index in [-0.39, 0.29) is 17.9 Å². The number of rotatable bonds is 3. The van der Waals surface area contributed by atoms with Crippen molar-refractivity contribution in [2.75, 3.05) is 19.6 Å². The van der Waals surface area contributed by atoms with Gasteiger partial charge in [0.2, 0.25) is 0 Å². The zero-order valence-corrected chi connectivity index (χ0v) is 14.5. The van der Waals surface area contributed by atoms with Crippen molar-refractivity contribution in [2.45, 2.75) is 25.2 Å². The van der Waals surface area contributed by atoms with E-state index in [9.17, 15) is 10.1 Å². The molecule has 5 atom stereocenters. The largest absolute Gasteiger partial charge is 0.338 e. The van der Waals surface area contributed by atoms with Crippen LogP contribution in [0, 0.1) is 35.0 Å². The third-order valence-corrected chi connectivity index (χ3v) is 6.23. The molecule has 25 heavy (non-hydrogen) atoms. The van der Waals surface area contributed by atoms with Crippen molar-refractivity contribution < 1.29 is 4.79 Å². The molecule has 130 valence electrons. The molecule has 3 aliphatic carbocycles. The van der Waals surface area contributed by atoms with Crippen LogP contribution in [0.25, 0.3) is 0 Å². The number of hydrogen-bond acceptors (Lipinski definition) is 2. The van der Waals surface area contributed by atoms with Crippen LogP contribution in [-0.4, -0.2) is 30.6 Å². The Morgan fingerprint density at radius 1 is 1.20 bits per heavy atom. The monoisotopic (exact) mass is 335 g/mol. The fourth-order valence-corrected chi connectivity index (χ4v) is 4.76. The Morgan fingerprint density at radius 2 is 2.04 bits per heavy atom. The number of benzene rings is 1. The Bertz CT molecular complexity index is 693. The van der Waals surface area contributed by atoms with E-state index in [0.29, 0.717) is 30.8 Å². The first-order valence-electron chi connectivity index (χ1n) is 9.40. The lowest BCUT2D eigenvalue weighted by atomic mass is 9.69. The predicted octanol–water partition coefficient (Wildman–Crippen LogP) is 3.54. The molecule has 5 rings (SSSR count). The van der Waals surface area contributed by atoms with Crippen LogP contribution in [-0.2, 0) is 0 Å². The van der Waals surface area contributed by atoms with E-state index >= 15 is 0 Å². The molecule has 0 aromatic heterocycles. The summed E-state index contributed by atoms with van der Waals surface area (Å²) in [7, 11) is 0. The lowest BCUT2D eigenvalue weighted by Crippen LogP contribution is -2.43. The summed E-state index contributed by atoms with van der Waals surface area (Å²) < 4.78 is 0. The molecular weight excluding hydrogens is 310 g/mol. The van der Waals surface area contributed by atoms with E-state index in [1.807, 2.05) is 23.1 Å². The second-order valence-corrected chi connectivity index (χ2v) is 7.73. The zero-order chi connectivity index (χ0) is 17.2. The average Bonchev–Trinajstić information content (AvgIpc) is 3.12. The third kappa shape index (κ3) is 3.28. The molecule has 1 aliphatic heterocycles. The number of carbonyl (C=O) groups excluding carboxylic acids is 1. The van der Waals surface area contributed by atoms with Crippen molar-refractivity contribution in [3.05, 3.63) is 48.0 Å². The summed E-state index contributed by atoms with van der Waals surface area (Å²) >= 11 is 0. The number of nitrogens with one attached hydrogen (secondary N) is 1. The minimum atomic E-state index is -0.123. The summed E-state index contributed by atoms with van der Waals surface area (Å²) in [5, 5.41) is 12.6. The van der Waals surface area contributed by atoms with Gasteiger partial charge in [0.05, 0.1) is 12.0 Å². The standard InChI is InChI=1S/C21H25N3O/c22-11-19-13-24(14-20(19)17-4-2-1-3-5-17)21(25)23-12-18-10-15-6-8-16(18)9-7-15/h1-6,8,15-16,18-20H,7,9-10,12-14H2,(H,23,25)/t15?,16?,18?,19-,20+/m1/s1. The molecule has 1 saturated heterocycles. The number of carbonyl (C=O) groups is 1. The molecule has 0 spiro atoms. The van der Waals surface area contributed by atoms with E-state index in [1.165, 1.54) is 19.3 Å². The van der Waals surface area contributed by atoms with Gasteiger partial charge in [0.25, 0.3) is 0 Å². The van der Waals surface area contributed by atoms with Crippen LogP contribution in [0.15, 0.2) is 42.5 Å². The van der Waals surface area contributed by atoms with E-state index < -0.39 is 0 Å². The van der Waals surface area contributed by atoms with Gasteiger partial charge < -0.3 is 10.2 Å². The molecule has 1 aromatic rings. The highest BCUT2D eigenvalue weighted by Gasteiger charge is 2.37. The summed E-state index contributed by atoms with van der Waals surface area (Å²) in [5.41, 5.74) is 1.15. The van der Waals surface area contributed by atoms with Crippen molar-refractivity contribution in [1.29, 1.82) is 5.26 Å². The number of nitrogens with zero attached hydrogens (tertiary/aromatic N) is 2. The smallest absolute Gasteiger partial charge is 0.317 e. The molecule has 0 radical (unpaired) electrons. The predicted molar refractivity (Wildman–Crippen MR) is 96.7 cm³/mol. The minimum Gasteiger partial charge on any atom is -0.338 e.